The molecule has 1 aromatic heterocycles. The summed E-state index contributed by atoms with van der Waals surface area (Å²) in [7, 11) is 1.67. The van der Waals surface area contributed by atoms with Gasteiger partial charge in [-0.25, -0.2) is 4.98 Å². The molecule has 0 saturated carbocycles. The minimum Gasteiger partial charge on any atom is -0.496 e. The van der Waals surface area contributed by atoms with Crippen LogP contribution in [0.1, 0.15) is 16.3 Å². The third-order valence-corrected chi connectivity index (χ3v) is 3.40. The van der Waals surface area contributed by atoms with Gasteiger partial charge < -0.3 is 10.5 Å². The number of hydrogen-bond acceptors (Lipinski definition) is 4. The maximum absolute atomic E-state index is 5.53. The van der Waals surface area contributed by atoms with Crippen LogP contribution in [0.5, 0.6) is 5.75 Å². The predicted octanol–water partition coefficient (Wildman–Crippen LogP) is 2.38. The van der Waals surface area contributed by atoms with Crippen LogP contribution < -0.4 is 10.5 Å². The highest BCUT2D eigenvalue weighted by atomic mass is 32.1. The lowest BCUT2D eigenvalue weighted by molar-refractivity contribution is 0.410. The van der Waals surface area contributed by atoms with Crippen LogP contribution >= 0.6 is 23.6 Å². The smallest absolute Gasteiger partial charge is 0.123 e. The first kappa shape index (κ1) is 12.0. The third-order valence-electron chi connectivity index (χ3n) is 2.34. The summed E-state index contributed by atoms with van der Waals surface area (Å²) in [6, 6.07) is 7.91. The molecule has 0 saturated heterocycles. The van der Waals surface area contributed by atoms with E-state index in [9.17, 15) is 0 Å². The molecule has 0 bridgehead atoms. The molecular formula is C12H12N2OS2. The predicted molar refractivity (Wildman–Crippen MR) is 73.8 cm³/mol. The first-order valence-electron chi connectivity index (χ1n) is 5.07. The van der Waals surface area contributed by atoms with Crippen LogP contribution in [0.4, 0.5) is 0 Å². The van der Waals surface area contributed by atoms with E-state index in [1.807, 2.05) is 29.6 Å². The number of rotatable bonds is 4. The maximum atomic E-state index is 5.53. The van der Waals surface area contributed by atoms with Crippen LogP contribution in [-0.4, -0.2) is 17.1 Å². The van der Waals surface area contributed by atoms with Crippen LogP contribution in [0.2, 0.25) is 0 Å². The van der Waals surface area contributed by atoms with Crippen molar-refractivity contribution >= 4 is 28.5 Å². The fourth-order valence-electron chi connectivity index (χ4n) is 1.52. The third kappa shape index (κ3) is 2.81. The summed E-state index contributed by atoms with van der Waals surface area (Å²) < 4.78 is 5.30. The number of nitrogens with zero attached hydrogens (tertiary/aromatic N) is 1. The van der Waals surface area contributed by atoms with Gasteiger partial charge in [-0.2, -0.15) is 0 Å². The number of methoxy groups -OCH3 is 1. The van der Waals surface area contributed by atoms with Gasteiger partial charge in [-0.05, 0) is 6.07 Å². The lowest BCUT2D eigenvalue weighted by atomic mass is 10.1. The van der Waals surface area contributed by atoms with Gasteiger partial charge in [0.2, 0.25) is 0 Å². The van der Waals surface area contributed by atoms with Gasteiger partial charge in [-0.1, -0.05) is 30.4 Å². The molecule has 0 aliphatic rings. The number of aromatic nitrogens is 1. The zero-order valence-corrected chi connectivity index (χ0v) is 11.0. The average molecular weight is 264 g/mol. The number of thiocarbonyl (C=S) groups is 1. The quantitative estimate of drug-likeness (QED) is 0.861. The topological polar surface area (TPSA) is 48.1 Å². The van der Waals surface area contributed by atoms with Crippen LogP contribution in [-0.2, 0) is 6.42 Å². The monoisotopic (exact) mass is 264 g/mol. The van der Waals surface area contributed by atoms with E-state index in [1.165, 1.54) is 0 Å². The van der Waals surface area contributed by atoms with E-state index >= 15 is 0 Å². The van der Waals surface area contributed by atoms with Crippen molar-refractivity contribution in [2.75, 3.05) is 7.11 Å². The van der Waals surface area contributed by atoms with Crippen molar-refractivity contribution in [1.82, 2.24) is 4.98 Å². The van der Waals surface area contributed by atoms with Crippen molar-refractivity contribution in [3.05, 3.63) is 45.9 Å². The Morgan fingerprint density at radius 3 is 2.88 bits per heavy atom. The summed E-state index contributed by atoms with van der Waals surface area (Å²) >= 11 is 6.44. The Kier molecular flexibility index (Phi) is 3.71. The highest BCUT2D eigenvalue weighted by Gasteiger charge is 2.08. The standard InChI is InChI=1S/C12H12N2OS2/c1-15-10-5-3-2-4-8(10)6-11-14-9(7-17-11)12(13)16/h2-5,7H,6H2,1H3,(H2,13,16). The molecule has 88 valence electrons. The molecule has 0 radical (unpaired) electrons. The normalized spacial score (nSPS) is 10.2. The largest absolute Gasteiger partial charge is 0.496 e. The van der Waals surface area contributed by atoms with E-state index in [0.29, 0.717) is 10.7 Å². The summed E-state index contributed by atoms with van der Waals surface area (Å²) in [6.45, 7) is 0. The Bertz CT molecular complexity index is 537. The number of thiazole rings is 1. The SMILES string of the molecule is COc1ccccc1Cc1nc(C(N)=S)cs1. The Hall–Kier alpha value is -1.46. The van der Waals surface area contributed by atoms with Gasteiger partial charge in [0.25, 0.3) is 0 Å². The lowest BCUT2D eigenvalue weighted by Gasteiger charge is -2.05. The van der Waals surface area contributed by atoms with Gasteiger partial charge in [0, 0.05) is 17.4 Å². The van der Waals surface area contributed by atoms with E-state index in [0.717, 1.165) is 22.7 Å². The second kappa shape index (κ2) is 5.25. The first-order valence-corrected chi connectivity index (χ1v) is 6.35. The van der Waals surface area contributed by atoms with Crippen molar-refractivity contribution in [3.8, 4) is 5.75 Å². The van der Waals surface area contributed by atoms with E-state index in [4.69, 9.17) is 22.7 Å². The zero-order chi connectivity index (χ0) is 12.3. The molecule has 5 heteroatoms. The molecule has 2 N–H and O–H groups in total. The molecular weight excluding hydrogens is 252 g/mol. The molecule has 0 unspecified atom stereocenters. The maximum Gasteiger partial charge on any atom is 0.123 e. The molecule has 0 atom stereocenters. The van der Waals surface area contributed by atoms with Gasteiger partial charge in [0.15, 0.2) is 0 Å². The summed E-state index contributed by atoms with van der Waals surface area (Å²) in [4.78, 5) is 4.72. The highest BCUT2D eigenvalue weighted by Crippen LogP contribution is 2.22. The second-order valence-electron chi connectivity index (χ2n) is 3.48. The van der Waals surface area contributed by atoms with E-state index in [2.05, 4.69) is 4.98 Å². The molecule has 2 aromatic rings. The summed E-state index contributed by atoms with van der Waals surface area (Å²) in [5, 5.41) is 2.87. The molecule has 17 heavy (non-hydrogen) atoms. The number of hydrogen-bond donors (Lipinski definition) is 1. The molecule has 0 aliphatic heterocycles. The number of para-hydroxylation sites is 1. The molecule has 2 rings (SSSR count). The summed E-state index contributed by atoms with van der Waals surface area (Å²) in [5.41, 5.74) is 7.33. The Morgan fingerprint density at radius 2 is 2.24 bits per heavy atom. The highest BCUT2D eigenvalue weighted by molar-refractivity contribution is 7.80. The lowest BCUT2D eigenvalue weighted by Crippen LogP contribution is -2.09. The molecule has 1 aromatic carbocycles. The van der Waals surface area contributed by atoms with E-state index < -0.39 is 0 Å². The van der Waals surface area contributed by atoms with Gasteiger partial charge in [-0.15, -0.1) is 11.3 Å². The minimum atomic E-state index is 0.340. The fraction of sp³-hybridized carbons (Fsp3) is 0.167. The molecule has 3 nitrogen and oxygen atoms in total. The van der Waals surface area contributed by atoms with E-state index in [-0.39, 0.29) is 0 Å². The first-order chi connectivity index (χ1) is 8.20. The number of benzene rings is 1. The molecule has 0 spiro atoms. The van der Waals surface area contributed by atoms with Crippen LogP contribution in [0.3, 0.4) is 0 Å². The molecule has 0 amide bonds. The van der Waals surface area contributed by atoms with Crippen molar-refractivity contribution < 1.29 is 4.74 Å². The Balaban J connectivity index is 2.22. The van der Waals surface area contributed by atoms with Gasteiger partial charge in [0.05, 0.1) is 12.1 Å². The van der Waals surface area contributed by atoms with Crippen LogP contribution in [0, 0.1) is 0 Å². The Morgan fingerprint density at radius 1 is 1.47 bits per heavy atom. The van der Waals surface area contributed by atoms with Crippen molar-refractivity contribution in [2.45, 2.75) is 6.42 Å². The van der Waals surface area contributed by atoms with Crippen LogP contribution in [0.15, 0.2) is 29.6 Å². The van der Waals surface area contributed by atoms with Gasteiger partial charge >= 0.3 is 0 Å². The Labute approximate surface area is 109 Å². The zero-order valence-electron chi connectivity index (χ0n) is 9.34. The molecule has 0 fully saturated rings. The summed E-state index contributed by atoms with van der Waals surface area (Å²) in [5.74, 6) is 0.875. The minimum absolute atomic E-state index is 0.340. The van der Waals surface area contributed by atoms with Gasteiger partial charge in [-0.3, -0.25) is 0 Å². The van der Waals surface area contributed by atoms with Crippen LogP contribution in [0.25, 0.3) is 0 Å². The van der Waals surface area contributed by atoms with Gasteiger partial charge in [0.1, 0.15) is 16.4 Å². The molecule has 0 aliphatic carbocycles. The second-order valence-corrected chi connectivity index (χ2v) is 4.86. The fourth-order valence-corrected chi connectivity index (χ4v) is 2.51. The van der Waals surface area contributed by atoms with Crippen molar-refractivity contribution in [2.24, 2.45) is 5.73 Å². The van der Waals surface area contributed by atoms with Crippen molar-refractivity contribution in [3.63, 3.8) is 0 Å². The number of ether oxygens (including phenoxy) is 1. The average Bonchev–Trinajstić information content (AvgIpc) is 2.78. The van der Waals surface area contributed by atoms with Crippen molar-refractivity contribution in [1.29, 1.82) is 0 Å². The number of nitrogens with two attached hydrogens (primary N) is 1. The summed E-state index contributed by atoms with van der Waals surface area (Å²) in [6.07, 6.45) is 0.733. The van der Waals surface area contributed by atoms with E-state index in [1.54, 1.807) is 18.4 Å². The molecule has 1 heterocycles.